The molecule has 19 heavy (non-hydrogen) atoms. The molecule has 0 aromatic heterocycles. The zero-order valence-electron chi connectivity index (χ0n) is 13.0. The minimum Gasteiger partial charge on any atom is -0.303 e. The summed E-state index contributed by atoms with van der Waals surface area (Å²) in [5.74, 6) is 0.940. The average Bonchev–Trinajstić information content (AvgIpc) is 2.65. The van der Waals surface area contributed by atoms with Crippen molar-refractivity contribution in [2.24, 2.45) is 11.3 Å². The maximum Gasteiger partial charge on any atom is 0.0100 e. The van der Waals surface area contributed by atoms with Gasteiger partial charge in [-0.1, -0.05) is 61.4 Å². The van der Waals surface area contributed by atoms with Gasteiger partial charge in [-0.25, -0.2) is 0 Å². The van der Waals surface area contributed by atoms with Gasteiger partial charge in [-0.3, -0.25) is 0 Å². The summed E-state index contributed by atoms with van der Waals surface area (Å²) in [4.78, 5) is 2.71. The van der Waals surface area contributed by atoms with Gasteiger partial charge in [0, 0.05) is 17.9 Å². The predicted octanol–water partition coefficient (Wildman–Crippen LogP) is 5.23. The molecule has 2 atom stereocenters. The monoisotopic (exact) mass is 329 g/mol. The number of alkyl halides is 1. The number of rotatable bonds is 4. The Morgan fingerprint density at radius 2 is 1.74 bits per heavy atom. The summed E-state index contributed by atoms with van der Waals surface area (Å²) in [5, 5.41) is 1.20. The van der Waals surface area contributed by atoms with Crippen LogP contribution in [0.1, 0.15) is 71.1 Å². The Bertz CT molecular complexity index is 258. The summed E-state index contributed by atoms with van der Waals surface area (Å²) in [6.07, 6.45) is 14.4. The van der Waals surface area contributed by atoms with E-state index >= 15 is 0 Å². The molecule has 0 spiro atoms. The molecule has 0 amide bonds. The van der Waals surface area contributed by atoms with Gasteiger partial charge < -0.3 is 4.90 Å². The highest BCUT2D eigenvalue weighted by atomic mass is 79.9. The van der Waals surface area contributed by atoms with Crippen LogP contribution in [0.4, 0.5) is 0 Å². The Kier molecular flexibility index (Phi) is 6.20. The van der Waals surface area contributed by atoms with Gasteiger partial charge in [0.05, 0.1) is 0 Å². The molecular weight excluding hydrogens is 298 g/mol. The summed E-state index contributed by atoms with van der Waals surface area (Å²) in [6.45, 7) is 3.75. The lowest BCUT2D eigenvalue weighted by molar-refractivity contribution is 0.102. The zero-order valence-corrected chi connectivity index (χ0v) is 14.6. The number of nitrogens with zero attached hydrogens (tertiary/aromatic N) is 1. The quantitative estimate of drug-likeness (QED) is 0.504. The molecule has 0 aromatic carbocycles. The molecule has 2 aliphatic carbocycles. The first-order chi connectivity index (χ1) is 9.15. The van der Waals surface area contributed by atoms with Gasteiger partial charge in [0.1, 0.15) is 0 Å². The minimum atomic E-state index is 0.561. The smallest absolute Gasteiger partial charge is 0.0100 e. The Morgan fingerprint density at radius 1 is 1.05 bits per heavy atom. The Balaban J connectivity index is 1.92. The maximum atomic E-state index is 3.84. The van der Waals surface area contributed by atoms with Crippen LogP contribution in [-0.4, -0.2) is 29.9 Å². The first kappa shape index (κ1) is 15.8. The largest absolute Gasteiger partial charge is 0.303 e. The highest BCUT2D eigenvalue weighted by Crippen LogP contribution is 2.38. The van der Waals surface area contributed by atoms with Crippen molar-refractivity contribution in [1.29, 1.82) is 0 Å². The molecular formula is C17H32BrN. The molecule has 2 aliphatic rings. The third-order valence-corrected chi connectivity index (χ3v) is 6.75. The predicted molar refractivity (Wildman–Crippen MR) is 88.0 cm³/mol. The summed E-state index contributed by atoms with van der Waals surface area (Å²) in [5.41, 5.74) is 0.561. The molecule has 0 radical (unpaired) electrons. The highest BCUT2D eigenvalue weighted by molar-refractivity contribution is 9.09. The summed E-state index contributed by atoms with van der Waals surface area (Å²) in [6, 6.07) is 0.850. The maximum absolute atomic E-state index is 3.84. The fourth-order valence-electron chi connectivity index (χ4n) is 4.27. The van der Waals surface area contributed by atoms with E-state index < -0.39 is 0 Å². The molecule has 0 bridgehead atoms. The van der Waals surface area contributed by atoms with Gasteiger partial charge in [-0.05, 0) is 44.1 Å². The first-order valence-corrected chi connectivity index (χ1v) is 9.53. The van der Waals surface area contributed by atoms with Crippen molar-refractivity contribution in [3.05, 3.63) is 0 Å². The van der Waals surface area contributed by atoms with Crippen molar-refractivity contribution in [2.75, 3.05) is 18.9 Å². The third-order valence-electron chi connectivity index (χ3n) is 5.56. The van der Waals surface area contributed by atoms with Crippen molar-refractivity contribution < 1.29 is 0 Å². The van der Waals surface area contributed by atoms with Crippen LogP contribution in [0.15, 0.2) is 0 Å². The second kappa shape index (κ2) is 7.45. The molecule has 2 saturated carbocycles. The van der Waals surface area contributed by atoms with E-state index in [1.807, 2.05) is 0 Å². The summed E-state index contributed by atoms with van der Waals surface area (Å²) < 4.78 is 0. The van der Waals surface area contributed by atoms with E-state index in [-0.39, 0.29) is 0 Å². The van der Waals surface area contributed by atoms with E-state index in [9.17, 15) is 0 Å². The molecule has 0 heterocycles. The normalized spacial score (nSPS) is 32.2. The fraction of sp³-hybridized carbons (Fsp3) is 1.00. The van der Waals surface area contributed by atoms with Gasteiger partial charge in [0.15, 0.2) is 0 Å². The lowest BCUT2D eigenvalue weighted by Gasteiger charge is -2.41. The molecule has 2 rings (SSSR count). The van der Waals surface area contributed by atoms with E-state index in [0.717, 1.165) is 12.0 Å². The number of halogens is 1. The van der Waals surface area contributed by atoms with Crippen LogP contribution in [0.3, 0.4) is 0 Å². The lowest BCUT2D eigenvalue weighted by atomic mass is 9.80. The standard InChI is InChI=1S/C17H32BrN/c1-15-8-7-9-16(12-15)19(2)14-17(13-18)10-5-3-4-6-11-17/h15-16H,3-14H2,1-2H3. The molecule has 0 aromatic rings. The summed E-state index contributed by atoms with van der Waals surface area (Å²) in [7, 11) is 2.39. The van der Waals surface area contributed by atoms with E-state index in [0.29, 0.717) is 5.41 Å². The average molecular weight is 330 g/mol. The van der Waals surface area contributed by atoms with Gasteiger partial charge in [0.25, 0.3) is 0 Å². The van der Waals surface area contributed by atoms with Gasteiger partial charge >= 0.3 is 0 Å². The molecule has 0 aliphatic heterocycles. The molecule has 2 unspecified atom stereocenters. The van der Waals surface area contributed by atoms with Gasteiger partial charge in [-0.15, -0.1) is 0 Å². The molecule has 0 N–H and O–H groups in total. The molecule has 2 fully saturated rings. The minimum absolute atomic E-state index is 0.561. The fourth-order valence-corrected chi connectivity index (χ4v) is 5.01. The molecule has 112 valence electrons. The number of hydrogen-bond donors (Lipinski definition) is 0. The van der Waals surface area contributed by atoms with Crippen LogP contribution in [-0.2, 0) is 0 Å². The van der Waals surface area contributed by atoms with E-state index in [4.69, 9.17) is 0 Å². The second-order valence-electron chi connectivity index (χ2n) is 7.39. The van der Waals surface area contributed by atoms with Crippen LogP contribution >= 0.6 is 15.9 Å². The van der Waals surface area contributed by atoms with Crippen LogP contribution in [0.5, 0.6) is 0 Å². The second-order valence-corrected chi connectivity index (χ2v) is 7.95. The van der Waals surface area contributed by atoms with Crippen LogP contribution in [0, 0.1) is 11.3 Å². The first-order valence-electron chi connectivity index (χ1n) is 8.41. The van der Waals surface area contributed by atoms with Crippen molar-refractivity contribution >= 4 is 15.9 Å². The van der Waals surface area contributed by atoms with Crippen molar-refractivity contribution in [3.8, 4) is 0 Å². The summed E-state index contributed by atoms with van der Waals surface area (Å²) >= 11 is 3.84. The van der Waals surface area contributed by atoms with Crippen LogP contribution < -0.4 is 0 Å². The van der Waals surface area contributed by atoms with Crippen LogP contribution in [0.2, 0.25) is 0 Å². The Hall–Kier alpha value is 0.440. The van der Waals surface area contributed by atoms with Crippen molar-refractivity contribution in [2.45, 2.75) is 77.2 Å². The molecule has 1 nitrogen and oxygen atoms in total. The topological polar surface area (TPSA) is 3.24 Å². The van der Waals surface area contributed by atoms with E-state index in [1.54, 1.807) is 0 Å². The third kappa shape index (κ3) is 4.46. The number of hydrogen-bond acceptors (Lipinski definition) is 1. The van der Waals surface area contributed by atoms with E-state index in [1.165, 1.54) is 76.1 Å². The molecule has 0 saturated heterocycles. The van der Waals surface area contributed by atoms with Gasteiger partial charge in [-0.2, -0.15) is 0 Å². The SMILES string of the molecule is CC1CCCC(N(C)CC2(CBr)CCCCCC2)C1. The highest BCUT2D eigenvalue weighted by Gasteiger charge is 2.33. The zero-order chi connectivity index (χ0) is 13.7. The van der Waals surface area contributed by atoms with E-state index in [2.05, 4.69) is 34.8 Å². The van der Waals surface area contributed by atoms with Crippen molar-refractivity contribution in [1.82, 2.24) is 4.90 Å². The Morgan fingerprint density at radius 3 is 2.32 bits per heavy atom. The van der Waals surface area contributed by atoms with Crippen LogP contribution in [0.25, 0.3) is 0 Å². The lowest BCUT2D eigenvalue weighted by Crippen LogP contribution is -2.43. The van der Waals surface area contributed by atoms with Crippen molar-refractivity contribution in [3.63, 3.8) is 0 Å². The van der Waals surface area contributed by atoms with Gasteiger partial charge in [0.2, 0.25) is 0 Å². The Labute approximate surface area is 128 Å². The molecule has 2 heteroatoms.